The smallest absolute Gasteiger partial charge is 0.224 e. The van der Waals surface area contributed by atoms with E-state index in [0.29, 0.717) is 18.9 Å². The number of anilines is 1. The van der Waals surface area contributed by atoms with Gasteiger partial charge >= 0.3 is 0 Å². The number of nitrogens with two attached hydrogens (primary N) is 1. The van der Waals surface area contributed by atoms with Crippen LogP contribution in [0, 0.1) is 5.92 Å². The summed E-state index contributed by atoms with van der Waals surface area (Å²) in [7, 11) is 0. The first-order valence-electron chi connectivity index (χ1n) is 6.78. The van der Waals surface area contributed by atoms with Gasteiger partial charge in [-0.3, -0.25) is 9.89 Å². The van der Waals surface area contributed by atoms with E-state index < -0.39 is 0 Å². The Labute approximate surface area is 118 Å². The highest BCUT2D eigenvalue weighted by Gasteiger charge is 2.06. The molecule has 5 heteroatoms. The molecule has 0 saturated heterocycles. The normalized spacial score (nSPS) is 12.1. The third-order valence-electron chi connectivity index (χ3n) is 3.25. The van der Waals surface area contributed by atoms with Crippen molar-refractivity contribution >= 4 is 11.6 Å². The van der Waals surface area contributed by atoms with Gasteiger partial charge in [0.2, 0.25) is 5.91 Å². The lowest BCUT2D eigenvalue weighted by Crippen LogP contribution is -2.16. The zero-order valence-electron chi connectivity index (χ0n) is 11.6. The minimum absolute atomic E-state index is 0.0274. The van der Waals surface area contributed by atoms with Gasteiger partial charge in [0, 0.05) is 18.3 Å². The molecule has 0 aliphatic carbocycles. The molecule has 2 aromatic rings. The predicted octanol–water partition coefficient (Wildman–Crippen LogP) is 2.39. The highest BCUT2D eigenvalue weighted by atomic mass is 16.1. The lowest BCUT2D eigenvalue weighted by Gasteiger charge is -2.09. The highest BCUT2D eigenvalue weighted by Crippen LogP contribution is 2.19. The molecular formula is C15H20N4O. The van der Waals surface area contributed by atoms with Crippen LogP contribution in [0.1, 0.15) is 19.8 Å². The SMILES string of the molecule is CC(CN)CCC(=O)Nc1ccc(-c2ccn[nH]2)cc1. The summed E-state index contributed by atoms with van der Waals surface area (Å²) in [6.45, 7) is 2.67. The van der Waals surface area contributed by atoms with Crippen LogP contribution in [0.15, 0.2) is 36.5 Å². The molecule has 1 unspecified atom stereocenters. The van der Waals surface area contributed by atoms with Gasteiger partial charge in [0.05, 0.1) is 5.69 Å². The van der Waals surface area contributed by atoms with Gasteiger partial charge in [-0.15, -0.1) is 0 Å². The van der Waals surface area contributed by atoms with Crippen LogP contribution in [0.4, 0.5) is 5.69 Å². The summed E-state index contributed by atoms with van der Waals surface area (Å²) in [5, 5.41) is 9.71. The maximum absolute atomic E-state index is 11.8. The number of nitrogens with zero attached hydrogens (tertiary/aromatic N) is 1. The van der Waals surface area contributed by atoms with Crippen molar-refractivity contribution in [2.45, 2.75) is 19.8 Å². The molecule has 0 saturated carbocycles. The number of hydrogen-bond donors (Lipinski definition) is 3. The van der Waals surface area contributed by atoms with Gasteiger partial charge in [0.15, 0.2) is 0 Å². The van der Waals surface area contributed by atoms with E-state index in [4.69, 9.17) is 5.73 Å². The molecule has 1 amide bonds. The van der Waals surface area contributed by atoms with Crippen molar-refractivity contribution < 1.29 is 4.79 Å². The summed E-state index contributed by atoms with van der Waals surface area (Å²) in [4.78, 5) is 11.8. The molecule has 2 rings (SSSR count). The molecule has 0 aliphatic heterocycles. The van der Waals surface area contributed by atoms with E-state index in [2.05, 4.69) is 15.5 Å². The zero-order chi connectivity index (χ0) is 14.4. The lowest BCUT2D eigenvalue weighted by atomic mass is 10.1. The first kappa shape index (κ1) is 14.3. The first-order chi connectivity index (χ1) is 9.69. The molecule has 1 atom stereocenters. The molecule has 1 heterocycles. The van der Waals surface area contributed by atoms with Crippen LogP contribution in [0.25, 0.3) is 11.3 Å². The number of carbonyl (C=O) groups excluding carboxylic acids is 1. The molecule has 20 heavy (non-hydrogen) atoms. The van der Waals surface area contributed by atoms with E-state index >= 15 is 0 Å². The molecular weight excluding hydrogens is 252 g/mol. The molecule has 0 bridgehead atoms. The molecule has 0 fully saturated rings. The number of rotatable bonds is 6. The number of hydrogen-bond acceptors (Lipinski definition) is 3. The van der Waals surface area contributed by atoms with Crippen LogP contribution in [0.3, 0.4) is 0 Å². The van der Waals surface area contributed by atoms with Crippen molar-refractivity contribution in [3.05, 3.63) is 36.5 Å². The van der Waals surface area contributed by atoms with Gasteiger partial charge in [0.25, 0.3) is 0 Å². The third-order valence-corrected chi connectivity index (χ3v) is 3.25. The average Bonchev–Trinajstić information content (AvgIpc) is 2.99. The molecule has 106 valence electrons. The number of carbonyl (C=O) groups is 1. The van der Waals surface area contributed by atoms with Crippen molar-refractivity contribution in [3.8, 4) is 11.3 Å². The van der Waals surface area contributed by atoms with E-state index in [9.17, 15) is 4.79 Å². The Morgan fingerprint density at radius 2 is 2.10 bits per heavy atom. The predicted molar refractivity (Wildman–Crippen MR) is 80.1 cm³/mol. The van der Waals surface area contributed by atoms with Crippen LogP contribution in [0.5, 0.6) is 0 Å². The molecule has 0 aliphatic rings. The number of aromatic amines is 1. The van der Waals surface area contributed by atoms with Crippen molar-refractivity contribution in [3.63, 3.8) is 0 Å². The van der Waals surface area contributed by atoms with E-state index in [1.165, 1.54) is 0 Å². The first-order valence-corrected chi connectivity index (χ1v) is 6.78. The summed E-state index contributed by atoms with van der Waals surface area (Å²) in [5.41, 5.74) is 8.34. The monoisotopic (exact) mass is 272 g/mol. The summed E-state index contributed by atoms with van der Waals surface area (Å²) in [5.74, 6) is 0.406. The molecule has 4 N–H and O–H groups in total. The standard InChI is InChI=1S/C15H20N4O/c1-11(10-16)2-7-15(20)18-13-5-3-12(4-6-13)14-8-9-17-19-14/h3-6,8-9,11H,2,7,10,16H2,1H3,(H,17,19)(H,18,20). The van der Waals surface area contributed by atoms with Gasteiger partial charge in [0.1, 0.15) is 0 Å². The second-order valence-corrected chi connectivity index (χ2v) is 4.98. The van der Waals surface area contributed by atoms with Crippen LogP contribution in [0.2, 0.25) is 0 Å². The Bertz CT molecular complexity index is 534. The Hall–Kier alpha value is -2.14. The molecule has 1 aromatic carbocycles. The second-order valence-electron chi connectivity index (χ2n) is 4.98. The van der Waals surface area contributed by atoms with Gasteiger partial charge in [-0.05, 0) is 42.6 Å². The highest BCUT2D eigenvalue weighted by molar-refractivity contribution is 5.90. The topological polar surface area (TPSA) is 83.8 Å². The Balaban J connectivity index is 1.89. The number of H-pyrrole nitrogens is 1. The van der Waals surface area contributed by atoms with Crippen LogP contribution in [-0.2, 0) is 4.79 Å². The van der Waals surface area contributed by atoms with Crippen LogP contribution < -0.4 is 11.1 Å². The second kappa shape index (κ2) is 6.86. The average molecular weight is 272 g/mol. The van der Waals surface area contributed by atoms with Gasteiger partial charge < -0.3 is 11.1 Å². The van der Waals surface area contributed by atoms with E-state index in [-0.39, 0.29) is 5.91 Å². The number of aromatic nitrogens is 2. The maximum Gasteiger partial charge on any atom is 0.224 e. The van der Waals surface area contributed by atoms with Crippen molar-refractivity contribution in [1.82, 2.24) is 10.2 Å². The largest absolute Gasteiger partial charge is 0.330 e. The number of benzene rings is 1. The molecule has 5 nitrogen and oxygen atoms in total. The summed E-state index contributed by atoms with van der Waals surface area (Å²) < 4.78 is 0. The lowest BCUT2D eigenvalue weighted by molar-refractivity contribution is -0.116. The Morgan fingerprint density at radius 1 is 1.35 bits per heavy atom. The molecule has 1 aromatic heterocycles. The molecule has 0 spiro atoms. The van der Waals surface area contributed by atoms with Crippen molar-refractivity contribution in [2.75, 3.05) is 11.9 Å². The third kappa shape index (κ3) is 3.93. The van der Waals surface area contributed by atoms with E-state index in [1.54, 1.807) is 6.20 Å². The minimum atomic E-state index is 0.0274. The quantitative estimate of drug-likeness (QED) is 0.755. The van der Waals surface area contributed by atoms with Crippen LogP contribution >= 0.6 is 0 Å². The maximum atomic E-state index is 11.8. The van der Waals surface area contributed by atoms with Crippen molar-refractivity contribution in [2.24, 2.45) is 11.7 Å². The Kier molecular flexibility index (Phi) is 4.90. The van der Waals surface area contributed by atoms with E-state index in [1.807, 2.05) is 37.3 Å². The minimum Gasteiger partial charge on any atom is -0.330 e. The fraction of sp³-hybridized carbons (Fsp3) is 0.333. The molecule has 0 radical (unpaired) electrons. The number of nitrogens with one attached hydrogen (secondary N) is 2. The summed E-state index contributed by atoms with van der Waals surface area (Å²) in [6, 6.07) is 9.58. The fourth-order valence-electron chi connectivity index (χ4n) is 1.87. The van der Waals surface area contributed by atoms with Gasteiger partial charge in [-0.2, -0.15) is 5.10 Å². The van der Waals surface area contributed by atoms with E-state index in [0.717, 1.165) is 23.4 Å². The summed E-state index contributed by atoms with van der Waals surface area (Å²) in [6.07, 6.45) is 3.03. The Morgan fingerprint density at radius 3 is 2.70 bits per heavy atom. The number of amides is 1. The van der Waals surface area contributed by atoms with Gasteiger partial charge in [-0.25, -0.2) is 0 Å². The van der Waals surface area contributed by atoms with Gasteiger partial charge in [-0.1, -0.05) is 19.1 Å². The van der Waals surface area contributed by atoms with Crippen LogP contribution in [-0.4, -0.2) is 22.6 Å². The fourth-order valence-corrected chi connectivity index (χ4v) is 1.87. The zero-order valence-corrected chi connectivity index (χ0v) is 11.6. The van der Waals surface area contributed by atoms with Crippen molar-refractivity contribution in [1.29, 1.82) is 0 Å². The summed E-state index contributed by atoms with van der Waals surface area (Å²) >= 11 is 0.